The predicted octanol–water partition coefficient (Wildman–Crippen LogP) is 5.88. The first-order chi connectivity index (χ1) is 16.5. The highest BCUT2D eigenvalue weighted by Crippen LogP contribution is 2.32. The number of aliphatic hydroxyl groups is 1. The van der Waals surface area contributed by atoms with Gasteiger partial charge in [0.25, 0.3) is 0 Å². The smallest absolute Gasteiger partial charge is 0.114 e. The van der Waals surface area contributed by atoms with E-state index in [-0.39, 0.29) is 5.54 Å². The standard InChI is InChI=1S/C30H36O3Si/c1-5-27(32-22-24-16-10-7-11-17-24)30(33-23-25-18-12-8-13-19-25)29(31)28(6-2)34(3,4)26-20-14-9-15-21-26/h5-21,27-31H,1-2,22-23H2,3-4H3/t27-,28+,29+,30+/m1/s1. The zero-order valence-corrected chi connectivity index (χ0v) is 21.2. The number of rotatable bonds is 13. The van der Waals surface area contributed by atoms with E-state index in [0.29, 0.717) is 13.2 Å². The van der Waals surface area contributed by atoms with Crippen molar-refractivity contribution in [2.75, 3.05) is 0 Å². The highest BCUT2D eigenvalue weighted by atomic mass is 28.3. The van der Waals surface area contributed by atoms with E-state index in [1.54, 1.807) is 6.08 Å². The molecule has 0 bridgehead atoms. The van der Waals surface area contributed by atoms with Crippen LogP contribution in [-0.2, 0) is 22.7 Å². The Morgan fingerprint density at radius 3 is 1.68 bits per heavy atom. The lowest BCUT2D eigenvalue weighted by Crippen LogP contribution is -2.54. The molecule has 1 N–H and O–H groups in total. The van der Waals surface area contributed by atoms with Crippen LogP contribution in [0, 0.1) is 0 Å². The molecule has 3 aromatic carbocycles. The summed E-state index contributed by atoms with van der Waals surface area (Å²) < 4.78 is 12.6. The highest BCUT2D eigenvalue weighted by molar-refractivity contribution is 6.91. The van der Waals surface area contributed by atoms with Crippen LogP contribution in [-0.4, -0.2) is 31.5 Å². The van der Waals surface area contributed by atoms with Gasteiger partial charge < -0.3 is 14.6 Å². The third-order valence-corrected chi connectivity index (χ3v) is 10.5. The fourth-order valence-electron chi connectivity index (χ4n) is 4.34. The highest BCUT2D eigenvalue weighted by Gasteiger charge is 2.42. The maximum absolute atomic E-state index is 11.8. The minimum atomic E-state index is -2.13. The topological polar surface area (TPSA) is 38.7 Å². The first kappa shape index (κ1) is 25.9. The van der Waals surface area contributed by atoms with Crippen molar-refractivity contribution in [1.29, 1.82) is 0 Å². The molecule has 3 rings (SSSR count). The van der Waals surface area contributed by atoms with Crippen LogP contribution in [0.15, 0.2) is 116 Å². The Morgan fingerprint density at radius 2 is 1.21 bits per heavy atom. The molecule has 0 unspecified atom stereocenters. The van der Waals surface area contributed by atoms with Gasteiger partial charge in [0.2, 0.25) is 0 Å². The summed E-state index contributed by atoms with van der Waals surface area (Å²) in [7, 11) is -2.13. The molecule has 0 aliphatic carbocycles. The van der Waals surface area contributed by atoms with Crippen LogP contribution in [0.1, 0.15) is 11.1 Å². The van der Waals surface area contributed by atoms with Crippen LogP contribution in [0.4, 0.5) is 0 Å². The molecule has 0 amide bonds. The second kappa shape index (κ2) is 12.6. The van der Waals surface area contributed by atoms with Crippen molar-refractivity contribution in [1.82, 2.24) is 0 Å². The Labute approximate surface area is 205 Å². The SMILES string of the molecule is C=C[C@@H](OCc1ccccc1)[C@H](OCc1ccccc1)[C@@H](O)[C@H](C=C)[Si](C)(C)c1ccccc1. The van der Waals surface area contributed by atoms with E-state index in [9.17, 15) is 5.11 Å². The molecule has 0 spiro atoms. The Kier molecular flexibility index (Phi) is 9.60. The van der Waals surface area contributed by atoms with Gasteiger partial charge in [-0.2, -0.15) is 0 Å². The Morgan fingerprint density at radius 1 is 0.735 bits per heavy atom. The van der Waals surface area contributed by atoms with Crippen LogP contribution in [0.5, 0.6) is 0 Å². The zero-order valence-electron chi connectivity index (χ0n) is 20.2. The van der Waals surface area contributed by atoms with E-state index >= 15 is 0 Å². The van der Waals surface area contributed by atoms with Crippen molar-refractivity contribution in [2.24, 2.45) is 0 Å². The van der Waals surface area contributed by atoms with Crippen molar-refractivity contribution >= 4 is 13.3 Å². The predicted molar refractivity (Wildman–Crippen MR) is 144 cm³/mol. The van der Waals surface area contributed by atoms with Crippen molar-refractivity contribution in [3.63, 3.8) is 0 Å². The third-order valence-electron chi connectivity index (χ3n) is 6.44. The molecule has 0 aliphatic rings. The largest absolute Gasteiger partial charge is 0.390 e. The van der Waals surface area contributed by atoms with E-state index in [1.165, 1.54) is 5.19 Å². The number of ether oxygens (including phenoxy) is 2. The summed E-state index contributed by atoms with van der Waals surface area (Å²) in [6, 6.07) is 30.4. The Bertz CT molecular complexity index is 1000. The summed E-state index contributed by atoms with van der Waals surface area (Å²) in [6.45, 7) is 13.4. The number of aliphatic hydroxyl groups excluding tert-OH is 1. The summed E-state index contributed by atoms with van der Waals surface area (Å²) in [5, 5.41) is 13.0. The molecule has 0 aliphatic heterocycles. The van der Waals surface area contributed by atoms with E-state index in [0.717, 1.165) is 11.1 Å². The van der Waals surface area contributed by atoms with Crippen LogP contribution in [0.3, 0.4) is 0 Å². The molecule has 0 heterocycles. The fourth-order valence-corrected chi connectivity index (χ4v) is 7.41. The lowest BCUT2D eigenvalue weighted by atomic mass is 10.0. The average Bonchev–Trinajstić information content (AvgIpc) is 2.88. The maximum atomic E-state index is 11.8. The van der Waals surface area contributed by atoms with Crippen molar-refractivity contribution < 1.29 is 14.6 Å². The molecule has 4 atom stereocenters. The molecule has 0 aromatic heterocycles. The van der Waals surface area contributed by atoms with Gasteiger partial charge in [0.1, 0.15) is 12.2 Å². The molecule has 0 saturated heterocycles. The van der Waals surface area contributed by atoms with Gasteiger partial charge in [0.15, 0.2) is 0 Å². The summed E-state index contributed by atoms with van der Waals surface area (Å²) in [5.74, 6) is 0. The Balaban J connectivity index is 1.86. The van der Waals surface area contributed by atoms with E-state index in [4.69, 9.17) is 9.47 Å². The van der Waals surface area contributed by atoms with Gasteiger partial charge in [-0.25, -0.2) is 0 Å². The number of benzene rings is 3. The lowest BCUT2D eigenvalue weighted by Gasteiger charge is -2.39. The maximum Gasteiger partial charge on any atom is 0.114 e. The van der Waals surface area contributed by atoms with Gasteiger partial charge in [-0.05, 0) is 11.1 Å². The number of hydrogen-bond acceptors (Lipinski definition) is 3. The summed E-state index contributed by atoms with van der Waals surface area (Å²) in [6.07, 6.45) is 1.74. The molecule has 3 aromatic rings. The van der Waals surface area contributed by atoms with Crippen LogP contribution >= 0.6 is 0 Å². The minimum Gasteiger partial charge on any atom is -0.390 e. The molecule has 0 saturated carbocycles. The normalized spacial score (nSPS) is 15.1. The average molecular weight is 473 g/mol. The molecule has 0 fully saturated rings. The quantitative estimate of drug-likeness (QED) is 0.250. The van der Waals surface area contributed by atoms with Gasteiger partial charge >= 0.3 is 0 Å². The van der Waals surface area contributed by atoms with Crippen molar-refractivity contribution in [3.05, 3.63) is 127 Å². The summed E-state index contributed by atoms with van der Waals surface area (Å²) in [4.78, 5) is 0. The van der Waals surface area contributed by atoms with Crippen LogP contribution in [0.25, 0.3) is 0 Å². The molecule has 178 valence electrons. The van der Waals surface area contributed by atoms with Crippen LogP contribution < -0.4 is 5.19 Å². The second-order valence-corrected chi connectivity index (χ2v) is 13.8. The molecule has 3 nitrogen and oxygen atoms in total. The molecular weight excluding hydrogens is 436 g/mol. The molecule has 4 heteroatoms. The monoisotopic (exact) mass is 472 g/mol. The van der Waals surface area contributed by atoms with Crippen molar-refractivity contribution in [2.45, 2.75) is 50.2 Å². The molecular formula is C30H36O3Si. The van der Waals surface area contributed by atoms with Gasteiger partial charge in [-0.1, -0.05) is 121 Å². The van der Waals surface area contributed by atoms with Crippen molar-refractivity contribution in [3.8, 4) is 0 Å². The molecule has 0 radical (unpaired) electrons. The lowest BCUT2D eigenvalue weighted by molar-refractivity contribution is -0.115. The minimum absolute atomic E-state index is 0.140. The van der Waals surface area contributed by atoms with Crippen LogP contribution in [0.2, 0.25) is 18.6 Å². The first-order valence-electron chi connectivity index (χ1n) is 11.8. The summed E-state index contributed by atoms with van der Waals surface area (Å²) >= 11 is 0. The van der Waals surface area contributed by atoms with E-state index in [2.05, 4.69) is 50.5 Å². The molecule has 34 heavy (non-hydrogen) atoms. The Hall–Kier alpha value is -2.76. The van der Waals surface area contributed by atoms with E-state index < -0.39 is 26.4 Å². The van der Waals surface area contributed by atoms with Gasteiger partial charge in [-0.15, -0.1) is 13.2 Å². The van der Waals surface area contributed by atoms with E-state index in [1.807, 2.05) is 72.8 Å². The fraction of sp³-hybridized carbons (Fsp3) is 0.267. The summed E-state index contributed by atoms with van der Waals surface area (Å²) in [5.41, 5.74) is 1.96. The first-order valence-corrected chi connectivity index (χ1v) is 14.8. The number of hydrogen-bond donors (Lipinski definition) is 1. The van der Waals surface area contributed by atoms with Gasteiger partial charge in [0.05, 0.1) is 27.4 Å². The van der Waals surface area contributed by atoms with Gasteiger partial charge in [-0.3, -0.25) is 0 Å². The third kappa shape index (κ3) is 6.64. The van der Waals surface area contributed by atoms with Gasteiger partial charge in [0, 0.05) is 5.54 Å². The zero-order chi connectivity index (χ0) is 24.4. The second-order valence-electron chi connectivity index (χ2n) is 9.10.